The molecule has 0 bridgehead atoms. The molecule has 0 amide bonds. The maximum Gasteiger partial charge on any atom is 0.306 e. The van der Waals surface area contributed by atoms with Crippen LogP contribution < -0.4 is 0 Å². The minimum absolute atomic E-state index is 0.0423. The lowest BCUT2D eigenvalue weighted by Crippen LogP contribution is -2.28. The Bertz CT molecular complexity index is 801. The Hall–Kier alpha value is -1.04. The Morgan fingerprint density at radius 1 is 0.351 bits per heavy atom. The van der Waals surface area contributed by atoms with Crippen LogP contribution in [0, 0.1) is 0 Å². The van der Waals surface area contributed by atoms with Gasteiger partial charge in [-0.25, -0.2) is 0 Å². The molecule has 0 saturated heterocycles. The van der Waals surface area contributed by atoms with Crippen LogP contribution in [0.5, 0.6) is 0 Å². The van der Waals surface area contributed by atoms with E-state index in [0.717, 1.165) is 44.9 Å². The predicted molar refractivity (Wildman–Crippen MR) is 249 cm³/mol. The van der Waals surface area contributed by atoms with Crippen molar-refractivity contribution < 1.29 is 23.9 Å². The minimum atomic E-state index is -0.573. The summed E-state index contributed by atoms with van der Waals surface area (Å²) in [4.78, 5) is 38.1. The summed E-state index contributed by atoms with van der Waals surface area (Å²) in [5.74, 6) is -0.104. The molecule has 0 fully saturated rings. The number of rotatable bonds is 47. The standard InChI is InChI=1S/C51H98O5S/c1-4-7-10-13-16-19-22-25-28-31-34-37-40-43-49(52)55-46-48(56-50(53)44-41-38-35-32-29-26-23-20-17-14-11-8-5-2)47-57-51(54)45-42-39-36-33-30-27-24-21-18-15-12-9-6-3/h48H,4-47H2,1-3H3. The Morgan fingerprint density at radius 3 is 0.930 bits per heavy atom. The van der Waals surface area contributed by atoms with Crippen LogP contribution in [0.2, 0.25) is 0 Å². The van der Waals surface area contributed by atoms with Crippen molar-refractivity contribution in [2.75, 3.05) is 12.4 Å². The average molecular weight is 823 g/mol. The van der Waals surface area contributed by atoms with Gasteiger partial charge in [0.1, 0.15) is 12.7 Å². The Balaban J connectivity index is 4.31. The molecule has 338 valence electrons. The minimum Gasteiger partial charge on any atom is -0.462 e. The molecule has 1 unspecified atom stereocenters. The Kier molecular flexibility index (Phi) is 46.8. The molecular weight excluding hydrogens is 725 g/mol. The predicted octanol–water partition coefficient (Wildman–Crippen LogP) is 17.1. The summed E-state index contributed by atoms with van der Waals surface area (Å²) in [6.07, 6.45) is 50.5. The quantitative estimate of drug-likeness (QED) is 0.0450. The van der Waals surface area contributed by atoms with E-state index in [9.17, 15) is 14.4 Å². The van der Waals surface area contributed by atoms with Crippen molar-refractivity contribution in [3.8, 4) is 0 Å². The lowest BCUT2D eigenvalue weighted by Gasteiger charge is -2.17. The molecule has 0 rings (SSSR count). The van der Waals surface area contributed by atoms with Crippen molar-refractivity contribution in [2.45, 2.75) is 297 Å². The van der Waals surface area contributed by atoms with Crippen LogP contribution in [0.15, 0.2) is 0 Å². The third kappa shape index (κ3) is 45.9. The topological polar surface area (TPSA) is 69.7 Å². The number of hydrogen-bond acceptors (Lipinski definition) is 6. The molecule has 1 atom stereocenters. The maximum absolute atomic E-state index is 12.8. The van der Waals surface area contributed by atoms with E-state index in [0.29, 0.717) is 25.0 Å². The van der Waals surface area contributed by atoms with Gasteiger partial charge in [-0.2, -0.15) is 0 Å². The fourth-order valence-corrected chi connectivity index (χ4v) is 8.56. The highest BCUT2D eigenvalue weighted by Crippen LogP contribution is 2.19. The van der Waals surface area contributed by atoms with Crippen molar-refractivity contribution in [3.63, 3.8) is 0 Å². The summed E-state index contributed by atoms with van der Waals surface area (Å²) in [6.45, 7) is 6.85. The first-order valence-corrected chi connectivity index (χ1v) is 26.5. The lowest BCUT2D eigenvalue weighted by atomic mass is 10.0. The molecule has 0 spiro atoms. The van der Waals surface area contributed by atoms with Crippen LogP contribution >= 0.6 is 11.8 Å². The molecule has 0 aromatic carbocycles. The summed E-state index contributed by atoms with van der Waals surface area (Å²) < 4.78 is 11.4. The van der Waals surface area contributed by atoms with E-state index in [1.54, 1.807) is 0 Å². The van der Waals surface area contributed by atoms with Gasteiger partial charge in [-0.05, 0) is 19.3 Å². The van der Waals surface area contributed by atoms with Crippen LogP contribution in [-0.2, 0) is 23.9 Å². The second kappa shape index (κ2) is 47.6. The van der Waals surface area contributed by atoms with Crippen LogP contribution in [0.1, 0.15) is 290 Å². The van der Waals surface area contributed by atoms with Gasteiger partial charge in [-0.3, -0.25) is 14.4 Å². The SMILES string of the molecule is CCCCCCCCCCCCCCCC(=O)OCC(CSC(=O)CCCCCCCCCCCCCCC)OC(=O)CCCCCCCCCCCCCCC. The molecule has 5 nitrogen and oxygen atoms in total. The maximum atomic E-state index is 12.8. The van der Waals surface area contributed by atoms with Crippen molar-refractivity contribution in [2.24, 2.45) is 0 Å². The number of unbranched alkanes of at least 4 members (excludes halogenated alkanes) is 36. The Labute approximate surface area is 360 Å². The fraction of sp³-hybridized carbons (Fsp3) is 0.941. The number of ether oxygens (including phenoxy) is 2. The largest absolute Gasteiger partial charge is 0.462 e. The first-order chi connectivity index (χ1) is 28.0. The molecular formula is C51H98O5S. The summed E-state index contributed by atoms with van der Waals surface area (Å²) in [5, 5.41) is 0.147. The van der Waals surface area contributed by atoms with Gasteiger partial charge in [0.05, 0.1) is 0 Å². The van der Waals surface area contributed by atoms with Gasteiger partial charge in [0.25, 0.3) is 0 Å². The van der Waals surface area contributed by atoms with Crippen LogP contribution in [0.25, 0.3) is 0 Å². The summed E-state index contributed by atoms with van der Waals surface area (Å²) >= 11 is 1.24. The zero-order valence-electron chi connectivity index (χ0n) is 38.6. The zero-order chi connectivity index (χ0) is 41.5. The molecule has 0 aromatic heterocycles. The molecule has 0 aliphatic heterocycles. The van der Waals surface area contributed by atoms with Crippen LogP contribution in [0.3, 0.4) is 0 Å². The van der Waals surface area contributed by atoms with Crippen molar-refractivity contribution >= 4 is 28.8 Å². The second-order valence-corrected chi connectivity index (χ2v) is 18.5. The van der Waals surface area contributed by atoms with E-state index in [-0.39, 0.29) is 23.7 Å². The van der Waals surface area contributed by atoms with Crippen molar-refractivity contribution in [3.05, 3.63) is 0 Å². The number of carbonyl (C=O) groups is 3. The van der Waals surface area contributed by atoms with Gasteiger partial charge in [0.15, 0.2) is 5.12 Å². The summed E-state index contributed by atoms with van der Waals surface area (Å²) in [7, 11) is 0. The van der Waals surface area contributed by atoms with Gasteiger partial charge < -0.3 is 9.47 Å². The van der Waals surface area contributed by atoms with Gasteiger partial charge in [-0.1, -0.05) is 264 Å². The van der Waals surface area contributed by atoms with E-state index < -0.39 is 6.10 Å². The van der Waals surface area contributed by atoms with E-state index in [2.05, 4.69) is 20.8 Å². The molecule has 0 heterocycles. The highest BCUT2D eigenvalue weighted by Gasteiger charge is 2.19. The summed E-state index contributed by atoms with van der Waals surface area (Å²) in [5.41, 5.74) is 0. The van der Waals surface area contributed by atoms with Gasteiger partial charge >= 0.3 is 11.9 Å². The molecule has 57 heavy (non-hydrogen) atoms. The monoisotopic (exact) mass is 823 g/mol. The highest BCUT2D eigenvalue weighted by molar-refractivity contribution is 8.13. The van der Waals surface area contributed by atoms with E-state index in [1.165, 1.54) is 217 Å². The fourth-order valence-electron chi connectivity index (χ4n) is 7.74. The first kappa shape index (κ1) is 56.0. The molecule has 6 heteroatoms. The third-order valence-corrected chi connectivity index (χ3v) is 12.7. The number of carbonyl (C=O) groups excluding carboxylic acids is 3. The molecule has 0 aliphatic carbocycles. The number of thioether (sulfide) groups is 1. The van der Waals surface area contributed by atoms with Crippen LogP contribution in [-0.4, -0.2) is 35.5 Å². The smallest absolute Gasteiger partial charge is 0.306 e. The van der Waals surface area contributed by atoms with Gasteiger partial charge in [0.2, 0.25) is 0 Å². The molecule has 0 aliphatic rings. The number of esters is 2. The third-order valence-electron chi connectivity index (χ3n) is 11.6. The molecule has 0 radical (unpaired) electrons. The average Bonchev–Trinajstić information content (AvgIpc) is 3.21. The summed E-state index contributed by atoms with van der Waals surface area (Å²) in [6, 6.07) is 0. The normalized spacial score (nSPS) is 11.9. The van der Waals surface area contributed by atoms with E-state index >= 15 is 0 Å². The molecule has 0 saturated carbocycles. The van der Waals surface area contributed by atoms with Gasteiger partial charge in [-0.15, -0.1) is 0 Å². The second-order valence-electron chi connectivity index (χ2n) is 17.5. The first-order valence-electron chi connectivity index (χ1n) is 25.5. The van der Waals surface area contributed by atoms with Gasteiger partial charge in [0, 0.05) is 25.0 Å². The highest BCUT2D eigenvalue weighted by atomic mass is 32.2. The van der Waals surface area contributed by atoms with E-state index in [4.69, 9.17) is 9.47 Å². The zero-order valence-corrected chi connectivity index (χ0v) is 39.5. The molecule has 0 aromatic rings. The number of hydrogen-bond donors (Lipinski definition) is 0. The van der Waals surface area contributed by atoms with Crippen molar-refractivity contribution in [1.29, 1.82) is 0 Å². The van der Waals surface area contributed by atoms with Crippen molar-refractivity contribution in [1.82, 2.24) is 0 Å². The van der Waals surface area contributed by atoms with E-state index in [1.807, 2.05) is 0 Å². The molecule has 0 N–H and O–H groups in total. The Morgan fingerprint density at radius 2 is 0.614 bits per heavy atom. The van der Waals surface area contributed by atoms with Crippen LogP contribution in [0.4, 0.5) is 0 Å². The lowest BCUT2D eigenvalue weighted by molar-refractivity contribution is -0.157.